The van der Waals surface area contributed by atoms with Crippen LogP contribution in [0.3, 0.4) is 0 Å². The van der Waals surface area contributed by atoms with E-state index in [2.05, 4.69) is 21.2 Å². The average molecular weight is 276 g/mol. The summed E-state index contributed by atoms with van der Waals surface area (Å²) >= 11 is 3.03. The first kappa shape index (κ1) is 11.6. The summed E-state index contributed by atoms with van der Waals surface area (Å²) in [5.74, 6) is -1.82. The Balaban J connectivity index is 3.10. The van der Waals surface area contributed by atoms with Crippen LogP contribution in [0.15, 0.2) is 22.7 Å². The summed E-state index contributed by atoms with van der Waals surface area (Å²) in [7, 11) is 0. The minimum Gasteiger partial charge on any atom is -0.479 e. The van der Waals surface area contributed by atoms with Gasteiger partial charge < -0.3 is 10.4 Å². The molecular weight excluding hydrogens is 269 g/mol. The number of nitrogens with one attached hydrogen (secondary N) is 1. The number of benzene rings is 1. The van der Waals surface area contributed by atoms with Crippen LogP contribution in [0, 0.1) is 5.82 Å². The van der Waals surface area contributed by atoms with Gasteiger partial charge in [0.25, 0.3) is 0 Å². The summed E-state index contributed by atoms with van der Waals surface area (Å²) in [6, 6.07) is 2.44. The number of carbonyl (C=O) groups excluding carboxylic acids is 1. The van der Waals surface area contributed by atoms with Crippen LogP contribution in [-0.2, 0) is 9.59 Å². The fourth-order valence-corrected chi connectivity index (χ4v) is 1.60. The maximum Gasteiger partial charge on any atom is 0.330 e. The number of rotatable bonds is 4. The Bertz CT molecular complexity index is 377. The van der Waals surface area contributed by atoms with Crippen molar-refractivity contribution in [3.8, 4) is 0 Å². The third-order valence-electron chi connectivity index (χ3n) is 1.70. The van der Waals surface area contributed by atoms with Gasteiger partial charge in [-0.2, -0.15) is 0 Å². The number of halogens is 2. The summed E-state index contributed by atoms with van der Waals surface area (Å²) in [5.41, 5.74) is 0.168. The van der Waals surface area contributed by atoms with Gasteiger partial charge in [-0.1, -0.05) is 15.9 Å². The van der Waals surface area contributed by atoms with Gasteiger partial charge in [0.1, 0.15) is 5.82 Å². The van der Waals surface area contributed by atoms with Crippen LogP contribution in [0.4, 0.5) is 4.39 Å². The van der Waals surface area contributed by atoms with Crippen LogP contribution in [0.2, 0.25) is 0 Å². The van der Waals surface area contributed by atoms with Crippen LogP contribution in [0.5, 0.6) is 0 Å². The number of aliphatic carboxylic acids is 1. The van der Waals surface area contributed by atoms with Crippen molar-refractivity contribution in [3.63, 3.8) is 0 Å². The Morgan fingerprint density at radius 1 is 1.53 bits per heavy atom. The molecule has 6 heteroatoms. The molecule has 1 aromatic carbocycles. The standard InChI is InChI=1S/C9H7BrFNO3/c10-6-1-5(2-7(11)3-6)8(9(14)15)12-4-13/h1-4,8H,(H,12,13)(H,14,15). The van der Waals surface area contributed by atoms with E-state index in [0.29, 0.717) is 4.47 Å². The van der Waals surface area contributed by atoms with Crippen molar-refractivity contribution in [2.24, 2.45) is 0 Å². The van der Waals surface area contributed by atoms with Gasteiger partial charge in [-0.05, 0) is 23.8 Å². The van der Waals surface area contributed by atoms with E-state index in [4.69, 9.17) is 5.11 Å². The highest BCUT2D eigenvalue weighted by Crippen LogP contribution is 2.20. The Labute approximate surface area is 93.2 Å². The minimum atomic E-state index is -1.25. The van der Waals surface area contributed by atoms with E-state index in [9.17, 15) is 14.0 Å². The lowest BCUT2D eigenvalue weighted by Gasteiger charge is -2.11. The van der Waals surface area contributed by atoms with Crippen LogP contribution >= 0.6 is 15.9 Å². The van der Waals surface area contributed by atoms with Crippen molar-refractivity contribution < 1.29 is 19.1 Å². The Morgan fingerprint density at radius 2 is 2.20 bits per heavy atom. The average Bonchev–Trinajstić information content (AvgIpc) is 2.11. The molecule has 0 aliphatic rings. The highest BCUT2D eigenvalue weighted by Gasteiger charge is 2.19. The molecule has 1 unspecified atom stereocenters. The van der Waals surface area contributed by atoms with Gasteiger partial charge in [0, 0.05) is 4.47 Å². The normalized spacial score (nSPS) is 11.9. The predicted octanol–water partition coefficient (Wildman–Crippen LogP) is 1.46. The molecule has 1 aromatic rings. The maximum atomic E-state index is 13.0. The number of hydrogen-bond acceptors (Lipinski definition) is 2. The summed E-state index contributed by atoms with van der Waals surface area (Å²) in [6.07, 6.45) is 0.262. The number of amides is 1. The monoisotopic (exact) mass is 275 g/mol. The fourth-order valence-electron chi connectivity index (χ4n) is 1.12. The second kappa shape index (κ2) is 4.88. The summed E-state index contributed by atoms with van der Waals surface area (Å²) < 4.78 is 13.4. The molecule has 0 heterocycles. The largest absolute Gasteiger partial charge is 0.479 e. The molecule has 1 amide bonds. The second-order valence-corrected chi connectivity index (χ2v) is 3.67. The molecule has 2 N–H and O–H groups in total. The molecule has 0 spiro atoms. The molecule has 0 saturated heterocycles. The Kier molecular flexibility index (Phi) is 3.79. The molecule has 0 saturated carbocycles. The summed E-state index contributed by atoms with van der Waals surface area (Å²) in [4.78, 5) is 20.9. The quantitative estimate of drug-likeness (QED) is 0.818. The summed E-state index contributed by atoms with van der Waals surface area (Å²) in [5, 5.41) is 10.9. The van der Waals surface area contributed by atoms with Gasteiger partial charge in [0.2, 0.25) is 6.41 Å². The minimum absolute atomic E-state index is 0.168. The van der Waals surface area contributed by atoms with Crippen molar-refractivity contribution in [1.82, 2.24) is 5.32 Å². The highest BCUT2D eigenvalue weighted by atomic mass is 79.9. The molecule has 1 rings (SSSR count). The zero-order chi connectivity index (χ0) is 11.4. The maximum absolute atomic E-state index is 13.0. The lowest BCUT2D eigenvalue weighted by Crippen LogP contribution is -2.27. The van der Waals surface area contributed by atoms with E-state index in [1.54, 1.807) is 0 Å². The summed E-state index contributed by atoms with van der Waals surface area (Å²) in [6.45, 7) is 0. The van der Waals surface area contributed by atoms with Crippen molar-refractivity contribution in [1.29, 1.82) is 0 Å². The highest BCUT2D eigenvalue weighted by molar-refractivity contribution is 9.10. The van der Waals surface area contributed by atoms with Gasteiger partial charge in [0.15, 0.2) is 6.04 Å². The molecular formula is C9H7BrFNO3. The van der Waals surface area contributed by atoms with Crippen LogP contribution in [-0.4, -0.2) is 17.5 Å². The molecule has 0 fully saturated rings. The van der Waals surface area contributed by atoms with Gasteiger partial charge in [0.05, 0.1) is 0 Å². The lowest BCUT2D eigenvalue weighted by atomic mass is 10.1. The van der Waals surface area contributed by atoms with Crippen molar-refractivity contribution in [2.75, 3.05) is 0 Å². The second-order valence-electron chi connectivity index (χ2n) is 2.76. The molecule has 0 aliphatic heterocycles. The topological polar surface area (TPSA) is 66.4 Å². The van der Waals surface area contributed by atoms with Crippen LogP contribution < -0.4 is 5.32 Å². The smallest absolute Gasteiger partial charge is 0.330 e. The number of carboxylic acid groups (broad SMARTS) is 1. The number of carbonyl (C=O) groups is 2. The predicted molar refractivity (Wildman–Crippen MR) is 53.7 cm³/mol. The van der Waals surface area contributed by atoms with Gasteiger partial charge in [-0.15, -0.1) is 0 Å². The molecule has 0 bridgehead atoms. The molecule has 0 radical (unpaired) electrons. The molecule has 0 aromatic heterocycles. The van der Waals surface area contributed by atoms with Crippen molar-refractivity contribution in [2.45, 2.75) is 6.04 Å². The zero-order valence-corrected chi connectivity index (χ0v) is 8.99. The van der Waals surface area contributed by atoms with E-state index >= 15 is 0 Å². The number of carboxylic acids is 1. The van der Waals surface area contributed by atoms with E-state index in [-0.39, 0.29) is 12.0 Å². The third kappa shape index (κ3) is 3.02. The molecule has 80 valence electrons. The zero-order valence-electron chi connectivity index (χ0n) is 7.41. The van der Waals surface area contributed by atoms with E-state index in [1.165, 1.54) is 12.1 Å². The first-order chi connectivity index (χ1) is 7.04. The molecule has 1 atom stereocenters. The van der Waals surface area contributed by atoms with Gasteiger partial charge in [-0.25, -0.2) is 9.18 Å². The van der Waals surface area contributed by atoms with Crippen LogP contribution in [0.1, 0.15) is 11.6 Å². The van der Waals surface area contributed by atoms with Gasteiger partial charge in [-0.3, -0.25) is 4.79 Å². The Morgan fingerprint density at radius 3 is 2.67 bits per heavy atom. The van der Waals surface area contributed by atoms with Crippen molar-refractivity contribution in [3.05, 3.63) is 34.1 Å². The molecule has 0 aliphatic carbocycles. The van der Waals surface area contributed by atoms with E-state index in [1.807, 2.05) is 0 Å². The first-order valence-electron chi connectivity index (χ1n) is 3.93. The Hall–Kier alpha value is -1.43. The molecule has 4 nitrogen and oxygen atoms in total. The van der Waals surface area contributed by atoms with Crippen molar-refractivity contribution >= 4 is 28.3 Å². The third-order valence-corrected chi connectivity index (χ3v) is 2.16. The molecule has 15 heavy (non-hydrogen) atoms. The van der Waals surface area contributed by atoms with E-state index < -0.39 is 17.8 Å². The SMILES string of the molecule is O=CNC(C(=O)O)c1cc(F)cc(Br)c1. The van der Waals surface area contributed by atoms with E-state index in [0.717, 1.165) is 6.07 Å². The number of hydrogen-bond donors (Lipinski definition) is 2. The fraction of sp³-hybridized carbons (Fsp3) is 0.111. The lowest BCUT2D eigenvalue weighted by molar-refractivity contribution is -0.140. The van der Waals surface area contributed by atoms with Gasteiger partial charge >= 0.3 is 5.97 Å². The first-order valence-corrected chi connectivity index (χ1v) is 4.72. The van der Waals surface area contributed by atoms with Crippen LogP contribution in [0.25, 0.3) is 0 Å².